The first kappa shape index (κ1) is 22.8. The molecule has 31 heavy (non-hydrogen) atoms. The van der Waals surface area contributed by atoms with Crippen LogP contribution in [0.15, 0.2) is 48.5 Å². The summed E-state index contributed by atoms with van der Waals surface area (Å²) in [6.07, 6.45) is 1.23. The molecule has 3 rings (SSSR count). The third-order valence-corrected chi connectivity index (χ3v) is 5.19. The third-order valence-electron chi connectivity index (χ3n) is 5.19. The molecule has 0 unspecified atom stereocenters. The Morgan fingerprint density at radius 1 is 1.10 bits per heavy atom. The van der Waals surface area contributed by atoms with Gasteiger partial charge in [-0.1, -0.05) is 24.3 Å². The molecule has 0 aliphatic carbocycles. The van der Waals surface area contributed by atoms with Crippen LogP contribution in [0, 0.1) is 0 Å². The van der Waals surface area contributed by atoms with E-state index in [1.807, 2.05) is 54.3 Å². The van der Waals surface area contributed by atoms with E-state index >= 15 is 0 Å². The zero-order valence-corrected chi connectivity index (χ0v) is 18.2. The molecule has 0 saturated heterocycles. The zero-order chi connectivity index (χ0) is 22.1. The van der Waals surface area contributed by atoms with Crippen molar-refractivity contribution >= 4 is 17.5 Å². The van der Waals surface area contributed by atoms with Crippen molar-refractivity contribution in [3.8, 4) is 0 Å². The van der Waals surface area contributed by atoms with E-state index in [1.165, 1.54) is 0 Å². The lowest BCUT2D eigenvalue weighted by Gasteiger charge is -2.27. The SMILES string of the molecule is CCOCCCN1C(=O)c2ccccc2[C@@H]1Nc1cccc(C(=O)NCCCOC)c1. The topological polar surface area (TPSA) is 79.9 Å². The van der Waals surface area contributed by atoms with Gasteiger partial charge in [0.25, 0.3) is 11.8 Å². The van der Waals surface area contributed by atoms with Crippen LogP contribution in [-0.4, -0.2) is 56.7 Å². The molecule has 7 nitrogen and oxygen atoms in total. The number of anilines is 1. The molecule has 2 aromatic carbocycles. The summed E-state index contributed by atoms with van der Waals surface area (Å²) in [5.74, 6) is -0.118. The minimum atomic E-state index is -0.287. The Kier molecular flexibility index (Phi) is 8.44. The number of amides is 2. The van der Waals surface area contributed by atoms with Crippen LogP contribution in [0.4, 0.5) is 5.69 Å². The second-order valence-electron chi connectivity index (χ2n) is 7.37. The van der Waals surface area contributed by atoms with Crippen LogP contribution in [0.25, 0.3) is 0 Å². The van der Waals surface area contributed by atoms with Gasteiger partial charge in [0, 0.05) is 62.4 Å². The predicted molar refractivity (Wildman–Crippen MR) is 120 cm³/mol. The van der Waals surface area contributed by atoms with Gasteiger partial charge >= 0.3 is 0 Å². The summed E-state index contributed by atoms with van der Waals surface area (Å²) in [5.41, 5.74) is 3.01. The monoisotopic (exact) mass is 425 g/mol. The maximum atomic E-state index is 13.0. The fraction of sp³-hybridized carbons (Fsp3) is 0.417. The van der Waals surface area contributed by atoms with Crippen LogP contribution in [-0.2, 0) is 9.47 Å². The number of fused-ring (bicyclic) bond motifs is 1. The van der Waals surface area contributed by atoms with Crippen LogP contribution < -0.4 is 10.6 Å². The molecule has 2 amide bonds. The van der Waals surface area contributed by atoms with Gasteiger partial charge in [0.15, 0.2) is 0 Å². The molecule has 0 radical (unpaired) electrons. The number of benzene rings is 2. The molecule has 1 aliphatic rings. The molecule has 7 heteroatoms. The highest BCUT2D eigenvalue weighted by Crippen LogP contribution is 2.34. The van der Waals surface area contributed by atoms with Crippen molar-refractivity contribution in [2.75, 3.05) is 45.3 Å². The fourth-order valence-corrected chi connectivity index (χ4v) is 3.67. The number of hydrogen-bond donors (Lipinski definition) is 2. The number of ether oxygens (including phenoxy) is 2. The standard InChI is InChI=1S/C24H31N3O4/c1-3-31-16-8-14-27-22(20-11-4-5-12-21(20)24(27)29)26-19-10-6-9-18(17-19)23(28)25-13-7-15-30-2/h4-6,9-12,17,22,26H,3,7-8,13-16H2,1-2H3,(H,25,28)/t22-/m1/s1. The Morgan fingerprint density at radius 3 is 2.74 bits per heavy atom. The third kappa shape index (κ3) is 5.83. The van der Waals surface area contributed by atoms with E-state index in [2.05, 4.69) is 10.6 Å². The van der Waals surface area contributed by atoms with E-state index < -0.39 is 0 Å². The van der Waals surface area contributed by atoms with Crippen molar-refractivity contribution in [2.45, 2.75) is 25.9 Å². The van der Waals surface area contributed by atoms with Crippen LogP contribution in [0.3, 0.4) is 0 Å². The first-order valence-corrected chi connectivity index (χ1v) is 10.8. The van der Waals surface area contributed by atoms with Crippen LogP contribution in [0.2, 0.25) is 0 Å². The lowest BCUT2D eigenvalue weighted by atomic mass is 10.1. The van der Waals surface area contributed by atoms with Crippen molar-refractivity contribution in [3.63, 3.8) is 0 Å². The van der Waals surface area contributed by atoms with Crippen molar-refractivity contribution in [1.82, 2.24) is 10.2 Å². The highest BCUT2D eigenvalue weighted by atomic mass is 16.5. The lowest BCUT2D eigenvalue weighted by molar-refractivity contribution is 0.0708. The summed E-state index contributed by atoms with van der Waals surface area (Å²) in [5, 5.41) is 6.36. The Labute approximate surface area is 183 Å². The number of nitrogens with one attached hydrogen (secondary N) is 2. The van der Waals surface area contributed by atoms with Gasteiger partial charge in [0.05, 0.1) is 0 Å². The summed E-state index contributed by atoms with van der Waals surface area (Å²) < 4.78 is 10.4. The van der Waals surface area contributed by atoms with Gasteiger partial charge in [-0.05, 0) is 44.0 Å². The number of carbonyl (C=O) groups excluding carboxylic acids is 2. The minimum absolute atomic E-state index is 0.0108. The van der Waals surface area contributed by atoms with E-state index in [4.69, 9.17) is 9.47 Å². The van der Waals surface area contributed by atoms with Crippen molar-refractivity contribution in [2.24, 2.45) is 0 Å². The van der Waals surface area contributed by atoms with Crippen LogP contribution >= 0.6 is 0 Å². The fourth-order valence-electron chi connectivity index (χ4n) is 3.67. The maximum Gasteiger partial charge on any atom is 0.256 e. The molecule has 1 atom stereocenters. The molecule has 0 aromatic heterocycles. The molecule has 0 fully saturated rings. The summed E-state index contributed by atoms with van der Waals surface area (Å²) in [4.78, 5) is 27.3. The molecule has 166 valence electrons. The summed E-state index contributed by atoms with van der Waals surface area (Å²) in [6.45, 7) is 4.99. The predicted octanol–water partition coefficient (Wildman–Crippen LogP) is 3.45. The average molecular weight is 426 g/mol. The summed E-state index contributed by atoms with van der Waals surface area (Å²) in [6, 6.07) is 15.0. The van der Waals surface area contributed by atoms with Gasteiger partial charge in [-0.15, -0.1) is 0 Å². The number of methoxy groups -OCH3 is 1. The van der Waals surface area contributed by atoms with Crippen molar-refractivity contribution < 1.29 is 19.1 Å². The largest absolute Gasteiger partial charge is 0.385 e. The van der Waals surface area contributed by atoms with Gasteiger partial charge in [-0.2, -0.15) is 0 Å². The van der Waals surface area contributed by atoms with Gasteiger partial charge in [0.1, 0.15) is 6.17 Å². The molecular formula is C24H31N3O4. The molecular weight excluding hydrogens is 394 g/mol. The Bertz CT molecular complexity index is 887. The Hall–Kier alpha value is -2.90. The number of carbonyl (C=O) groups is 2. The first-order valence-electron chi connectivity index (χ1n) is 10.8. The Morgan fingerprint density at radius 2 is 1.94 bits per heavy atom. The maximum absolute atomic E-state index is 13.0. The van der Waals surface area contributed by atoms with E-state index in [1.54, 1.807) is 13.2 Å². The molecule has 0 saturated carbocycles. The minimum Gasteiger partial charge on any atom is -0.385 e. The second kappa shape index (κ2) is 11.5. The molecule has 0 spiro atoms. The van der Waals surface area contributed by atoms with E-state index in [0.29, 0.717) is 44.0 Å². The zero-order valence-electron chi connectivity index (χ0n) is 18.2. The van der Waals surface area contributed by atoms with E-state index in [-0.39, 0.29) is 18.0 Å². The lowest BCUT2D eigenvalue weighted by Crippen LogP contribution is -2.33. The summed E-state index contributed by atoms with van der Waals surface area (Å²) >= 11 is 0. The Balaban J connectivity index is 1.72. The first-order chi connectivity index (χ1) is 15.2. The number of rotatable bonds is 12. The molecule has 2 N–H and O–H groups in total. The molecule has 1 heterocycles. The molecule has 2 aromatic rings. The molecule has 0 bridgehead atoms. The van der Waals surface area contributed by atoms with Crippen LogP contribution in [0.1, 0.15) is 52.2 Å². The second-order valence-corrected chi connectivity index (χ2v) is 7.37. The normalized spacial score (nSPS) is 15.1. The van der Waals surface area contributed by atoms with Gasteiger partial charge < -0.3 is 25.0 Å². The van der Waals surface area contributed by atoms with Gasteiger partial charge in [0.2, 0.25) is 0 Å². The highest BCUT2D eigenvalue weighted by Gasteiger charge is 2.36. The quantitative estimate of drug-likeness (QED) is 0.509. The van der Waals surface area contributed by atoms with Crippen LogP contribution in [0.5, 0.6) is 0 Å². The van der Waals surface area contributed by atoms with Gasteiger partial charge in [-0.25, -0.2) is 0 Å². The smallest absolute Gasteiger partial charge is 0.256 e. The van der Waals surface area contributed by atoms with Gasteiger partial charge in [-0.3, -0.25) is 9.59 Å². The highest BCUT2D eigenvalue weighted by molar-refractivity contribution is 5.99. The molecule has 1 aliphatic heterocycles. The van der Waals surface area contributed by atoms with Crippen molar-refractivity contribution in [1.29, 1.82) is 0 Å². The van der Waals surface area contributed by atoms with E-state index in [0.717, 1.165) is 24.1 Å². The number of nitrogens with zero attached hydrogens (tertiary/aromatic N) is 1. The number of hydrogen-bond acceptors (Lipinski definition) is 5. The van der Waals surface area contributed by atoms with Crippen molar-refractivity contribution in [3.05, 3.63) is 65.2 Å². The average Bonchev–Trinajstić information content (AvgIpc) is 3.05. The summed E-state index contributed by atoms with van der Waals surface area (Å²) in [7, 11) is 1.64. The van der Waals surface area contributed by atoms with E-state index in [9.17, 15) is 9.59 Å².